The van der Waals surface area contributed by atoms with Crippen molar-refractivity contribution >= 4 is 0 Å². The van der Waals surface area contributed by atoms with Crippen LogP contribution in [0.4, 0.5) is 0 Å². The molecule has 2 aromatic rings. The molecule has 4 heteroatoms. The minimum Gasteiger partial charge on any atom is -0.508 e. The Balaban J connectivity index is 1.99. The number of ether oxygens (including phenoxy) is 1. The number of hydrogen-bond acceptors (Lipinski definition) is 3. The van der Waals surface area contributed by atoms with Gasteiger partial charge in [-0.2, -0.15) is 0 Å². The molecular formula is C11H12N2O2. The number of hydrogen-bond donors (Lipinski definition) is 2. The summed E-state index contributed by atoms with van der Waals surface area (Å²) in [6.45, 7) is 2.31. The fourth-order valence-corrected chi connectivity index (χ4v) is 1.28. The molecule has 0 saturated heterocycles. The molecule has 1 aromatic heterocycles. The molecule has 1 aromatic carbocycles. The smallest absolute Gasteiger partial charge is 0.130 e. The maximum atomic E-state index is 9.21. The van der Waals surface area contributed by atoms with Gasteiger partial charge < -0.3 is 14.8 Å². The van der Waals surface area contributed by atoms with Crippen molar-refractivity contribution in [2.24, 2.45) is 0 Å². The lowest BCUT2D eigenvalue weighted by atomic mass is 10.3. The van der Waals surface area contributed by atoms with Crippen LogP contribution in [0.15, 0.2) is 30.5 Å². The van der Waals surface area contributed by atoms with Gasteiger partial charge in [-0.3, -0.25) is 0 Å². The van der Waals surface area contributed by atoms with Gasteiger partial charge >= 0.3 is 0 Å². The second-order valence-corrected chi connectivity index (χ2v) is 3.28. The minimum atomic E-state index is 0.202. The van der Waals surface area contributed by atoms with Gasteiger partial charge in [-0.1, -0.05) is 6.07 Å². The van der Waals surface area contributed by atoms with E-state index in [1.807, 2.05) is 6.92 Å². The Morgan fingerprint density at radius 2 is 2.33 bits per heavy atom. The molecular weight excluding hydrogens is 192 g/mol. The van der Waals surface area contributed by atoms with Crippen molar-refractivity contribution in [3.8, 4) is 11.5 Å². The molecule has 0 saturated carbocycles. The summed E-state index contributed by atoms with van der Waals surface area (Å²) in [5, 5.41) is 9.21. The third-order valence-corrected chi connectivity index (χ3v) is 1.97. The van der Waals surface area contributed by atoms with Crippen LogP contribution in [-0.4, -0.2) is 15.1 Å². The average Bonchev–Trinajstić information content (AvgIpc) is 2.62. The summed E-state index contributed by atoms with van der Waals surface area (Å²) in [5.41, 5.74) is 0.913. The van der Waals surface area contributed by atoms with Gasteiger partial charge in [0.15, 0.2) is 0 Å². The van der Waals surface area contributed by atoms with Gasteiger partial charge in [0.2, 0.25) is 0 Å². The largest absolute Gasteiger partial charge is 0.508 e. The summed E-state index contributed by atoms with van der Waals surface area (Å²) in [6.07, 6.45) is 1.73. The molecule has 0 aliphatic rings. The van der Waals surface area contributed by atoms with Crippen LogP contribution in [0.3, 0.4) is 0 Å². The maximum absolute atomic E-state index is 9.21. The summed E-state index contributed by atoms with van der Waals surface area (Å²) in [5.74, 6) is 1.71. The number of phenolic OH excluding ortho intramolecular Hbond substituents is 1. The summed E-state index contributed by atoms with van der Waals surface area (Å²) in [7, 11) is 0. The molecule has 0 aliphatic carbocycles. The van der Waals surface area contributed by atoms with E-state index < -0.39 is 0 Å². The van der Waals surface area contributed by atoms with Gasteiger partial charge in [-0.15, -0.1) is 0 Å². The van der Waals surface area contributed by atoms with E-state index in [4.69, 9.17) is 4.74 Å². The molecule has 4 nitrogen and oxygen atoms in total. The van der Waals surface area contributed by atoms with Crippen LogP contribution in [0.1, 0.15) is 11.5 Å². The number of benzene rings is 1. The lowest BCUT2D eigenvalue weighted by molar-refractivity contribution is 0.300. The highest BCUT2D eigenvalue weighted by Crippen LogP contribution is 2.18. The number of nitrogens with one attached hydrogen (secondary N) is 1. The zero-order valence-corrected chi connectivity index (χ0v) is 8.40. The van der Waals surface area contributed by atoms with Crippen LogP contribution in [-0.2, 0) is 6.61 Å². The van der Waals surface area contributed by atoms with Crippen molar-refractivity contribution in [3.05, 3.63) is 42.0 Å². The molecule has 0 atom stereocenters. The van der Waals surface area contributed by atoms with Gasteiger partial charge in [0, 0.05) is 6.07 Å². The van der Waals surface area contributed by atoms with Crippen LogP contribution < -0.4 is 4.74 Å². The highest BCUT2D eigenvalue weighted by molar-refractivity contribution is 5.31. The number of aryl methyl sites for hydroxylation is 1. The number of imidazole rings is 1. The number of H-pyrrole nitrogens is 1. The predicted molar refractivity (Wildman–Crippen MR) is 55.8 cm³/mol. The second-order valence-electron chi connectivity index (χ2n) is 3.28. The summed E-state index contributed by atoms with van der Waals surface area (Å²) in [4.78, 5) is 7.12. The number of aromatic nitrogens is 2. The molecule has 0 spiro atoms. The predicted octanol–water partition coefficient (Wildman–Crippen LogP) is 2.00. The van der Waals surface area contributed by atoms with Crippen molar-refractivity contribution in [1.29, 1.82) is 0 Å². The van der Waals surface area contributed by atoms with E-state index in [0.717, 1.165) is 11.5 Å². The van der Waals surface area contributed by atoms with Gasteiger partial charge in [0.1, 0.15) is 23.9 Å². The quantitative estimate of drug-likeness (QED) is 0.804. The molecule has 0 amide bonds. The fourth-order valence-electron chi connectivity index (χ4n) is 1.28. The number of phenols is 1. The van der Waals surface area contributed by atoms with Crippen molar-refractivity contribution in [2.75, 3.05) is 0 Å². The fraction of sp³-hybridized carbons (Fsp3) is 0.182. The maximum Gasteiger partial charge on any atom is 0.130 e. The Kier molecular flexibility index (Phi) is 2.58. The summed E-state index contributed by atoms with van der Waals surface area (Å²) in [6, 6.07) is 6.71. The van der Waals surface area contributed by atoms with Crippen molar-refractivity contribution < 1.29 is 9.84 Å². The van der Waals surface area contributed by atoms with Crippen molar-refractivity contribution in [3.63, 3.8) is 0 Å². The van der Waals surface area contributed by atoms with Gasteiger partial charge in [-0.25, -0.2) is 4.98 Å². The molecule has 0 fully saturated rings. The van der Waals surface area contributed by atoms with E-state index >= 15 is 0 Å². The molecule has 2 rings (SSSR count). The Morgan fingerprint density at radius 1 is 1.47 bits per heavy atom. The Bertz CT molecular complexity index is 451. The molecule has 2 N–H and O–H groups in total. The number of rotatable bonds is 3. The molecule has 15 heavy (non-hydrogen) atoms. The molecule has 0 aliphatic heterocycles. The minimum absolute atomic E-state index is 0.202. The third kappa shape index (κ3) is 2.49. The molecule has 0 radical (unpaired) electrons. The van der Waals surface area contributed by atoms with E-state index in [-0.39, 0.29) is 5.75 Å². The van der Waals surface area contributed by atoms with Crippen LogP contribution in [0.25, 0.3) is 0 Å². The number of aromatic amines is 1. The SMILES string of the molecule is Cc1ncc(COc2cccc(O)c2)[nH]1. The lowest BCUT2D eigenvalue weighted by Crippen LogP contribution is -1.95. The summed E-state index contributed by atoms with van der Waals surface area (Å²) < 4.78 is 5.45. The molecule has 1 heterocycles. The van der Waals surface area contributed by atoms with Gasteiger partial charge in [0.05, 0.1) is 11.9 Å². The zero-order chi connectivity index (χ0) is 10.7. The van der Waals surface area contributed by atoms with Gasteiger partial charge in [0.25, 0.3) is 0 Å². The molecule has 0 unspecified atom stereocenters. The Labute approximate surface area is 87.6 Å². The van der Waals surface area contributed by atoms with Crippen LogP contribution >= 0.6 is 0 Å². The van der Waals surface area contributed by atoms with Crippen LogP contribution in [0, 0.1) is 6.92 Å². The number of aromatic hydroxyl groups is 1. The first-order valence-electron chi connectivity index (χ1n) is 4.66. The van der Waals surface area contributed by atoms with E-state index in [1.54, 1.807) is 30.5 Å². The normalized spacial score (nSPS) is 10.2. The first-order valence-corrected chi connectivity index (χ1v) is 4.66. The molecule has 0 bridgehead atoms. The van der Waals surface area contributed by atoms with E-state index in [2.05, 4.69) is 9.97 Å². The zero-order valence-electron chi connectivity index (χ0n) is 8.40. The second kappa shape index (κ2) is 4.04. The van der Waals surface area contributed by atoms with Crippen LogP contribution in [0.5, 0.6) is 11.5 Å². The first kappa shape index (κ1) is 9.58. The highest BCUT2D eigenvalue weighted by atomic mass is 16.5. The Morgan fingerprint density at radius 3 is 3.00 bits per heavy atom. The van der Waals surface area contributed by atoms with E-state index in [0.29, 0.717) is 12.4 Å². The molecule has 78 valence electrons. The third-order valence-electron chi connectivity index (χ3n) is 1.97. The van der Waals surface area contributed by atoms with Gasteiger partial charge in [-0.05, 0) is 19.1 Å². The standard InChI is InChI=1S/C11H12N2O2/c1-8-12-6-9(13-8)7-15-11-4-2-3-10(14)5-11/h2-6,14H,7H2,1H3,(H,12,13). The lowest BCUT2D eigenvalue weighted by Gasteiger charge is -2.04. The number of nitrogens with zero attached hydrogens (tertiary/aromatic N) is 1. The highest BCUT2D eigenvalue weighted by Gasteiger charge is 1.99. The van der Waals surface area contributed by atoms with Crippen LogP contribution in [0.2, 0.25) is 0 Å². The van der Waals surface area contributed by atoms with E-state index in [1.165, 1.54) is 0 Å². The van der Waals surface area contributed by atoms with Crippen molar-refractivity contribution in [2.45, 2.75) is 13.5 Å². The first-order chi connectivity index (χ1) is 7.24. The average molecular weight is 204 g/mol. The van der Waals surface area contributed by atoms with Crippen molar-refractivity contribution in [1.82, 2.24) is 9.97 Å². The topological polar surface area (TPSA) is 58.1 Å². The monoisotopic (exact) mass is 204 g/mol. The summed E-state index contributed by atoms with van der Waals surface area (Å²) >= 11 is 0. The Hall–Kier alpha value is -1.97. The van der Waals surface area contributed by atoms with E-state index in [9.17, 15) is 5.11 Å².